The molecule has 1 amide bonds. The summed E-state index contributed by atoms with van der Waals surface area (Å²) in [5.74, 6) is 1.88. The van der Waals surface area contributed by atoms with Crippen molar-refractivity contribution in [3.63, 3.8) is 0 Å². The summed E-state index contributed by atoms with van der Waals surface area (Å²) in [5.41, 5.74) is 7.39. The van der Waals surface area contributed by atoms with Gasteiger partial charge in [0.2, 0.25) is 5.91 Å². The Morgan fingerprint density at radius 1 is 1.00 bits per heavy atom. The number of ether oxygens (including phenoxy) is 1. The van der Waals surface area contributed by atoms with Crippen molar-refractivity contribution < 1.29 is 9.53 Å². The van der Waals surface area contributed by atoms with Gasteiger partial charge in [-0.2, -0.15) is 0 Å². The maximum Gasteiger partial charge on any atom is 0.248 e. The van der Waals surface area contributed by atoms with Gasteiger partial charge in [-0.15, -0.1) is 10.2 Å². The lowest BCUT2D eigenvalue weighted by molar-refractivity contribution is 0.100. The van der Waals surface area contributed by atoms with E-state index < -0.39 is 5.91 Å². The van der Waals surface area contributed by atoms with Crippen molar-refractivity contribution >= 4 is 5.91 Å². The lowest BCUT2D eigenvalue weighted by atomic mass is 9.95. The number of carbonyl (C=O) groups is 1. The number of carbonyl (C=O) groups excluding carboxylic acids is 1. The molecule has 0 aliphatic carbocycles. The predicted molar refractivity (Wildman–Crippen MR) is 101 cm³/mol. The van der Waals surface area contributed by atoms with Crippen LogP contribution in [-0.2, 0) is 5.41 Å². The molecule has 0 fully saturated rings. The molecule has 6 heteroatoms. The van der Waals surface area contributed by atoms with Gasteiger partial charge in [0.15, 0.2) is 5.82 Å². The highest BCUT2D eigenvalue weighted by Crippen LogP contribution is 2.30. The second-order valence-electron chi connectivity index (χ2n) is 7.07. The Morgan fingerprint density at radius 2 is 1.62 bits per heavy atom. The van der Waals surface area contributed by atoms with Gasteiger partial charge in [0, 0.05) is 22.2 Å². The van der Waals surface area contributed by atoms with Gasteiger partial charge in [0.1, 0.15) is 11.6 Å². The smallest absolute Gasteiger partial charge is 0.248 e. The van der Waals surface area contributed by atoms with Crippen molar-refractivity contribution in [2.24, 2.45) is 5.73 Å². The Hall–Kier alpha value is -3.15. The molecule has 3 rings (SSSR count). The van der Waals surface area contributed by atoms with E-state index in [4.69, 9.17) is 10.5 Å². The first-order valence-corrected chi connectivity index (χ1v) is 8.32. The molecule has 0 aliphatic rings. The van der Waals surface area contributed by atoms with Gasteiger partial charge in [-0.05, 0) is 36.4 Å². The zero-order valence-corrected chi connectivity index (χ0v) is 15.4. The van der Waals surface area contributed by atoms with Crippen molar-refractivity contribution in [2.75, 3.05) is 7.11 Å². The van der Waals surface area contributed by atoms with E-state index in [-0.39, 0.29) is 5.41 Å². The average molecular weight is 350 g/mol. The van der Waals surface area contributed by atoms with E-state index in [0.29, 0.717) is 11.4 Å². The molecule has 6 nitrogen and oxygen atoms in total. The van der Waals surface area contributed by atoms with Crippen LogP contribution >= 0.6 is 0 Å². The quantitative estimate of drug-likeness (QED) is 0.782. The maximum absolute atomic E-state index is 11.3. The summed E-state index contributed by atoms with van der Waals surface area (Å²) in [7, 11) is 1.64. The molecule has 0 atom stereocenters. The molecule has 0 saturated carbocycles. The van der Waals surface area contributed by atoms with Crippen LogP contribution < -0.4 is 10.5 Å². The molecular weight excluding hydrogens is 328 g/mol. The summed E-state index contributed by atoms with van der Waals surface area (Å²) >= 11 is 0. The Morgan fingerprint density at radius 3 is 2.12 bits per heavy atom. The molecule has 1 aromatic heterocycles. The Labute approximate surface area is 152 Å². The first kappa shape index (κ1) is 17.7. The van der Waals surface area contributed by atoms with Crippen LogP contribution in [0.4, 0.5) is 0 Å². The minimum absolute atomic E-state index is 0.196. The van der Waals surface area contributed by atoms with Crippen molar-refractivity contribution in [2.45, 2.75) is 26.2 Å². The molecule has 2 N–H and O–H groups in total. The number of primary amides is 1. The van der Waals surface area contributed by atoms with Crippen LogP contribution in [0.3, 0.4) is 0 Å². The zero-order chi connectivity index (χ0) is 18.9. The van der Waals surface area contributed by atoms with Crippen LogP contribution in [-0.4, -0.2) is 27.8 Å². The van der Waals surface area contributed by atoms with E-state index >= 15 is 0 Å². The molecule has 134 valence electrons. The summed E-state index contributed by atoms with van der Waals surface area (Å²) in [5, 5.41) is 8.84. The topological polar surface area (TPSA) is 83.0 Å². The highest BCUT2D eigenvalue weighted by Gasteiger charge is 2.25. The molecule has 0 radical (unpaired) electrons. The van der Waals surface area contributed by atoms with Crippen molar-refractivity contribution in [3.05, 3.63) is 59.9 Å². The van der Waals surface area contributed by atoms with E-state index in [9.17, 15) is 4.79 Å². The summed E-state index contributed by atoms with van der Waals surface area (Å²) in [4.78, 5) is 11.3. The number of aromatic nitrogens is 3. The van der Waals surface area contributed by atoms with E-state index in [0.717, 1.165) is 22.8 Å². The molecule has 0 saturated heterocycles. The molecule has 0 aliphatic heterocycles. The fourth-order valence-corrected chi connectivity index (χ4v) is 2.72. The second-order valence-corrected chi connectivity index (χ2v) is 7.07. The van der Waals surface area contributed by atoms with Gasteiger partial charge >= 0.3 is 0 Å². The minimum atomic E-state index is -0.455. The number of rotatable bonds is 4. The highest BCUT2D eigenvalue weighted by molar-refractivity contribution is 5.93. The lowest BCUT2D eigenvalue weighted by Crippen LogP contribution is -2.18. The van der Waals surface area contributed by atoms with Crippen molar-refractivity contribution in [1.82, 2.24) is 14.8 Å². The molecule has 1 heterocycles. The summed E-state index contributed by atoms with van der Waals surface area (Å²) < 4.78 is 7.28. The normalized spacial score (nSPS) is 11.4. The minimum Gasteiger partial charge on any atom is -0.497 e. The Bertz CT molecular complexity index is 920. The monoisotopic (exact) mass is 350 g/mol. The molecular formula is C20H22N4O2. The third-order valence-electron chi connectivity index (χ3n) is 4.09. The SMILES string of the molecule is COc1ccc(-n2c(-c3ccc(C(N)=O)cc3)nnc2C(C)(C)C)cc1. The van der Waals surface area contributed by atoms with Crippen LogP contribution in [0.15, 0.2) is 48.5 Å². The zero-order valence-electron chi connectivity index (χ0n) is 15.4. The van der Waals surface area contributed by atoms with E-state index in [1.54, 1.807) is 19.2 Å². The largest absolute Gasteiger partial charge is 0.497 e. The Kier molecular flexibility index (Phi) is 4.50. The summed E-state index contributed by atoms with van der Waals surface area (Å²) in [6.07, 6.45) is 0. The number of methoxy groups -OCH3 is 1. The highest BCUT2D eigenvalue weighted by atomic mass is 16.5. The molecule has 2 aromatic carbocycles. The number of nitrogens with two attached hydrogens (primary N) is 1. The fraction of sp³-hybridized carbons (Fsp3) is 0.250. The summed E-state index contributed by atoms with van der Waals surface area (Å²) in [6, 6.07) is 14.8. The molecule has 0 bridgehead atoms. The molecule has 0 spiro atoms. The first-order chi connectivity index (χ1) is 12.3. The van der Waals surface area contributed by atoms with Gasteiger partial charge in [-0.3, -0.25) is 9.36 Å². The second kappa shape index (κ2) is 6.63. The molecule has 26 heavy (non-hydrogen) atoms. The maximum atomic E-state index is 11.3. The van der Waals surface area contributed by atoms with Gasteiger partial charge in [-0.1, -0.05) is 32.9 Å². The molecule has 0 unspecified atom stereocenters. The van der Waals surface area contributed by atoms with E-state index in [2.05, 4.69) is 31.0 Å². The Balaban J connectivity index is 2.16. The van der Waals surface area contributed by atoms with Gasteiger partial charge in [0.05, 0.1) is 7.11 Å². The lowest BCUT2D eigenvalue weighted by Gasteiger charge is -2.20. The van der Waals surface area contributed by atoms with Gasteiger partial charge in [0.25, 0.3) is 0 Å². The predicted octanol–water partition coefficient (Wildman–Crippen LogP) is 3.34. The van der Waals surface area contributed by atoms with Gasteiger partial charge < -0.3 is 10.5 Å². The number of hydrogen-bond donors (Lipinski definition) is 1. The fourth-order valence-electron chi connectivity index (χ4n) is 2.72. The number of hydrogen-bond acceptors (Lipinski definition) is 4. The van der Waals surface area contributed by atoms with Crippen LogP contribution in [0.2, 0.25) is 0 Å². The number of benzene rings is 2. The third kappa shape index (κ3) is 3.31. The number of nitrogens with zero attached hydrogens (tertiary/aromatic N) is 3. The van der Waals surface area contributed by atoms with E-state index in [1.807, 2.05) is 41.0 Å². The van der Waals surface area contributed by atoms with Crippen LogP contribution in [0, 0.1) is 0 Å². The van der Waals surface area contributed by atoms with Crippen molar-refractivity contribution in [3.8, 4) is 22.8 Å². The van der Waals surface area contributed by atoms with Gasteiger partial charge in [-0.25, -0.2) is 0 Å². The summed E-state index contributed by atoms with van der Waals surface area (Å²) in [6.45, 7) is 6.28. The standard InChI is InChI=1S/C20H22N4O2/c1-20(2,3)19-23-22-18(14-7-5-13(6-8-14)17(21)25)24(19)15-9-11-16(26-4)12-10-15/h5-12H,1-4H3,(H2,21,25). The third-order valence-corrected chi connectivity index (χ3v) is 4.09. The first-order valence-electron chi connectivity index (χ1n) is 8.32. The number of amides is 1. The average Bonchev–Trinajstić information content (AvgIpc) is 3.07. The van der Waals surface area contributed by atoms with Crippen molar-refractivity contribution in [1.29, 1.82) is 0 Å². The molecule has 3 aromatic rings. The van der Waals surface area contributed by atoms with Crippen LogP contribution in [0.1, 0.15) is 37.0 Å². The van der Waals surface area contributed by atoms with Crippen LogP contribution in [0.25, 0.3) is 17.1 Å². The van der Waals surface area contributed by atoms with Crippen LogP contribution in [0.5, 0.6) is 5.75 Å². The van der Waals surface area contributed by atoms with E-state index in [1.165, 1.54) is 0 Å².